The summed E-state index contributed by atoms with van der Waals surface area (Å²) < 4.78 is 40.3. The number of amides is 1. The SMILES string of the molecule is Cc1c([C@@H](C)Nc2nnc(C)c3ccc(N4CCN5C(=O)CC[C@@H]5C4)cc23)cccc1C(F)(F)F. The molecule has 2 aliphatic rings. The summed E-state index contributed by atoms with van der Waals surface area (Å²) in [6, 6.07) is 10.2. The highest BCUT2D eigenvalue weighted by Crippen LogP contribution is 2.36. The fourth-order valence-corrected chi connectivity index (χ4v) is 5.39. The number of carbonyl (C=O) groups is 1. The number of piperazine rings is 1. The fraction of sp³-hybridized carbons (Fsp3) is 0.423. The van der Waals surface area contributed by atoms with Gasteiger partial charge < -0.3 is 15.1 Å². The molecule has 2 aliphatic heterocycles. The van der Waals surface area contributed by atoms with E-state index < -0.39 is 17.8 Å². The number of hydrogen-bond acceptors (Lipinski definition) is 5. The van der Waals surface area contributed by atoms with Crippen LogP contribution in [0.1, 0.15) is 48.2 Å². The molecule has 1 aromatic heterocycles. The Labute approximate surface area is 202 Å². The molecule has 0 unspecified atom stereocenters. The zero-order valence-corrected chi connectivity index (χ0v) is 20.0. The molecular weight excluding hydrogens is 455 g/mol. The van der Waals surface area contributed by atoms with Crippen LogP contribution in [0.2, 0.25) is 0 Å². The normalized spacial score (nSPS) is 19.3. The van der Waals surface area contributed by atoms with Gasteiger partial charge in [0, 0.05) is 48.6 Å². The van der Waals surface area contributed by atoms with Crippen LogP contribution >= 0.6 is 0 Å². The van der Waals surface area contributed by atoms with Crippen LogP contribution in [-0.4, -0.2) is 46.7 Å². The van der Waals surface area contributed by atoms with Gasteiger partial charge in [0.1, 0.15) is 0 Å². The van der Waals surface area contributed by atoms with Gasteiger partial charge >= 0.3 is 6.18 Å². The minimum atomic E-state index is -4.40. The van der Waals surface area contributed by atoms with Gasteiger partial charge in [0.2, 0.25) is 5.91 Å². The van der Waals surface area contributed by atoms with Gasteiger partial charge in [0.05, 0.1) is 17.3 Å². The second-order valence-electron chi connectivity index (χ2n) is 9.47. The number of benzene rings is 2. The summed E-state index contributed by atoms with van der Waals surface area (Å²) >= 11 is 0. The predicted octanol–water partition coefficient (Wildman–Crippen LogP) is 5.25. The summed E-state index contributed by atoms with van der Waals surface area (Å²) in [4.78, 5) is 16.3. The molecule has 6 nitrogen and oxygen atoms in total. The smallest absolute Gasteiger partial charge is 0.368 e. The molecule has 35 heavy (non-hydrogen) atoms. The number of halogens is 3. The molecule has 2 aromatic carbocycles. The molecule has 1 N–H and O–H groups in total. The number of rotatable bonds is 4. The zero-order chi connectivity index (χ0) is 24.9. The molecule has 0 bridgehead atoms. The first-order valence-corrected chi connectivity index (χ1v) is 11.9. The molecule has 1 amide bonds. The van der Waals surface area contributed by atoms with Gasteiger partial charge in [-0.2, -0.15) is 18.3 Å². The summed E-state index contributed by atoms with van der Waals surface area (Å²) in [5.41, 5.74) is 1.96. The molecule has 2 fully saturated rings. The van der Waals surface area contributed by atoms with E-state index in [0.717, 1.165) is 47.7 Å². The number of nitrogens with one attached hydrogen (secondary N) is 1. The van der Waals surface area contributed by atoms with E-state index in [9.17, 15) is 18.0 Å². The number of aromatic nitrogens is 2. The third-order valence-corrected chi connectivity index (χ3v) is 7.31. The number of hydrogen-bond donors (Lipinski definition) is 1. The fourth-order valence-electron chi connectivity index (χ4n) is 5.39. The second-order valence-corrected chi connectivity index (χ2v) is 9.47. The molecule has 0 spiro atoms. The minimum absolute atomic E-state index is 0.203. The van der Waals surface area contributed by atoms with Gasteiger partial charge in [-0.3, -0.25) is 4.79 Å². The molecule has 0 aliphatic carbocycles. The Kier molecular flexibility index (Phi) is 5.81. The van der Waals surface area contributed by atoms with E-state index in [0.29, 0.717) is 24.3 Å². The van der Waals surface area contributed by atoms with Crippen LogP contribution in [0.5, 0.6) is 0 Å². The van der Waals surface area contributed by atoms with Gasteiger partial charge in [-0.15, -0.1) is 5.10 Å². The standard InChI is InChI=1S/C26H28F3N5O/c1-15-20(5-4-6-23(15)26(27,28)29)16(2)30-25-22-13-18(7-9-21(22)17(3)31-32-25)33-11-12-34-19(14-33)8-10-24(34)35/h4-7,9,13,16,19H,8,10-12,14H2,1-3H3,(H,30,32)/t16-,19-/m1/s1. The first kappa shape index (κ1) is 23.4. The highest BCUT2D eigenvalue weighted by Gasteiger charge is 2.36. The third kappa shape index (κ3) is 4.28. The van der Waals surface area contributed by atoms with Crippen molar-refractivity contribution in [1.29, 1.82) is 0 Å². The number of carbonyl (C=O) groups excluding carboxylic acids is 1. The first-order chi connectivity index (χ1) is 16.6. The maximum Gasteiger partial charge on any atom is 0.416 e. The van der Waals surface area contributed by atoms with E-state index in [2.05, 4.69) is 32.5 Å². The summed E-state index contributed by atoms with van der Waals surface area (Å²) in [5.74, 6) is 0.774. The Hall–Kier alpha value is -3.36. The third-order valence-electron chi connectivity index (χ3n) is 7.31. The van der Waals surface area contributed by atoms with Crippen LogP contribution in [0.3, 0.4) is 0 Å². The molecule has 2 saturated heterocycles. The molecule has 184 valence electrons. The number of nitrogens with zero attached hydrogens (tertiary/aromatic N) is 4. The van der Waals surface area contributed by atoms with Crippen LogP contribution in [-0.2, 0) is 11.0 Å². The van der Waals surface area contributed by atoms with Gasteiger partial charge in [0.15, 0.2) is 5.82 Å². The van der Waals surface area contributed by atoms with E-state index in [4.69, 9.17) is 0 Å². The van der Waals surface area contributed by atoms with E-state index >= 15 is 0 Å². The molecule has 0 saturated carbocycles. The largest absolute Gasteiger partial charge is 0.416 e. The van der Waals surface area contributed by atoms with E-state index in [-0.39, 0.29) is 17.5 Å². The number of alkyl halides is 3. The van der Waals surface area contributed by atoms with Crippen LogP contribution in [0, 0.1) is 13.8 Å². The average Bonchev–Trinajstić information content (AvgIpc) is 3.20. The highest BCUT2D eigenvalue weighted by molar-refractivity contribution is 5.95. The molecular formula is C26H28F3N5O. The molecule has 3 aromatic rings. The van der Waals surface area contributed by atoms with E-state index in [1.54, 1.807) is 6.07 Å². The van der Waals surface area contributed by atoms with Crippen LogP contribution in [0.4, 0.5) is 24.7 Å². The summed E-state index contributed by atoms with van der Waals surface area (Å²) in [5, 5.41) is 13.8. The molecule has 3 heterocycles. The quantitative estimate of drug-likeness (QED) is 0.549. The van der Waals surface area contributed by atoms with Gasteiger partial charge in [-0.25, -0.2) is 0 Å². The van der Waals surface area contributed by atoms with Gasteiger partial charge in [-0.05, 0) is 56.5 Å². The Morgan fingerprint density at radius 1 is 1.09 bits per heavy atom. The number of fused-ring (bicyclic) bond motifs is 2. The lowest BCUT2D eigenvalue weighted by molar-refractivity contribution is -0.138. The topological polar surface area (TPSA) is 61.4 Å². The minimum Gasteiger partial charge on any atom is -0.368 e. The molecule has 5 rings (SSSR count). The summed E-state index contributed by atoms with van der Waals surface area (Å²) in [6.07, 6.45) is -2.90. The van der Waals surface area contributed by atoms with Crippen molar-refractivity contribution < 1.29 is 18.0 Å². The Bertz CT molecular complexity index is 1290. The Balaban J connectivity index is 1.46. The summed E-state index contributed by atoms with van der Waals surface area (Å²) in [7, 11) is 0. The van der Waals surface area contributed by atoms with Crippen LogP contribution in [0.25, 0.3) is 10.8 Å². The van der Waals surface area contributed by atoms with Gasteiger partial charge in [0.25, 0.3) is 0 Å². The highest BCUT2D eigenvalue weighted by atomic mass is 19.4. The molecule has 0 radical (unpaired) electrons. The van der Waals surface area contributed by atoms with Crippen molar-refractivity contribution in [2.45, 2.75) is 51.9 Å². The maximum atomic E-state index is 13.4. The lowest BCUT2D eigenvalue weighted by Crippen LogP contribution is -2.51. The molecule has 9 heteroatoms. The Morgan fingerprint density at radius 2 is 1.89 bits per heavy atom. The maximum absolute atomic E-state index is 13.4. The van der Waals surface area contributed by atoms with Crippen molar-refractivity contribution in [1.82, 2.24) is 15.1 Å². The van der Waals surface area contributed by atoms with Crippen molar-refractivity contribution in [3.63, 3.8) is 0 Å². The van der Waals surface area contributed by atoms with E-state index in [1.807, 2.05) is 24.8 Å². The van der Waals surface area contributed by atoms with Crippen molar-refractivity contribution in [3.8, 4) is 0 Å². The second kappa shape index (κ2) is 8.70. The van der Waals surface area contributed by atoms with E-state index in [1.165, 1.54) is 13.0 Å². The van der Waals surface area contributed by atoms with Crippen LogP contribution in [0.15, 0.2) is 36.4 Å². The van der Waals surface area contributed by atoms with Crippen LogP contribution < -0.4 is 10.2 Å². The van der Waals surface area contributed by atoms with Crippen molar-refractivity contribution >= 4 is 28.2 Å². The molecule has 2 atom stereocenters. The monoisotopic (exact) mass is 483 g/mol. The van der Waals surface area contributed by atoms with Crippen molar-refractivity contribution in [3.05, 3.63) is 58.8 Å². The average molecular weight is 484 g/mol. The van der Waals surface area contributed by atoms with Gasteiger partial charge in [-0.1, -0.05) is 18.2 Å². The lowest BCUT2D eigenvalue weighted by Gasteiger charge is -2.39. The number of anilines is 2. The van der Waals surface area contributed by atoms with Crippen molar-refractivity contribution in [2.24, 2.45) is 0 Å². The Morgan fingerprint density at radius 3 is 2.66 bits per heavy atom. The summed E-state index contributed by atoms with van der Waals surface area (Å²) in [6.45, 7) is 7.48. The first-order valence-electron chi connectivity index (χ1n) is 11.9. The van der Waals surface area contributed by atoms with Crippen molar-refractivity contribution in [2.75, 3.05) is 29.9 Å². The predicted molar refractivity (Wildman–Crippen MR) is 129 cm³/mol. The zero-order valence-electron chi connectivity index (χ0n) is 20.0. The lowest BCUT2D eigenvalue weighted by atomic mass is 9.97. The number of aryl methyl sites for hydroxylation is 1.